The molecule has 2 saturated carbocycles. The van der Waals surface area contributed by atoms with Gasteiger partial charge in [0.15, 0.2) is 0 Å². The molecule has 2 aromatic rings. The molecule has 2 aromatic heterocycles. The zero-order valence-corrected chi connectivity index (χ0v) is 18.2. The predicted molar refractivity (Wildman–Crippen MR) is 124 cm³/mol. The van der Waals surface area contributed by atoms with Crippen molar-refractivity contribution in [2.24, 2.45) is 5.92 Å². The molecular weight excluding hydrogens is 382 g/mol. The number of nitriles is 1. The van der Waals surface area contributed by atoms with E-state index < -0.39 is 0 Å². The molecule has 1 saturated heterocycles. The van der Waals surface area contributed by atoms with Gasteiger partial charge in [0.2, 0.25) is 0 Å². The lowest BCUT2D eigenvalue weighted by atomic mass is 9.99. The molecule has 1 atom stereocenters. The molecule has 0 bridgehead atoms. The van der Waals surface area contributed by atoms with E-state index in [1.54, 1.807) is 12.3 Å². The number of piperazine rings is 1. The van der Waals surface area contributed by atoms with Crippen LogP contribution in [0.2, 0.25) is 0 Å². The van der Waals surface area contributed by atoms with Crippen LogP contribution in [0.1, 0.15) is 55.5 Å². The summed E-state index contributed by atoms with van der Waals surface area (Å²) in [6.07, 6.45) is 8.44. The topological polar surface area (TPSA) is 56.1 Å². The molecule has 0 aromatic carbocycles. The van der Waals surface area contributed by atoms with Crippen molar-refractivity contribution in [1.82, 2.24) is 14.9 Å². The Balaban J connectivity index is 1.48. The number of anilines is 1. The van der Waals surface area contributed by atoms with E-state index in [4.69, 9.17) is 4.98 Å². The number of nitrogens with zero attached hydrogens (tertiary/aromatic N) is 5. The molecule has 0 amide bonds. The summed E-state index contributed by atoms with van der Waals surface area (Å²) in [5, 5.41) is 9.98. The highest BCUT2D eigenvalue weighted by Crippen LogP contribution is 2.45. The van der Waals surface area contributed by atoms with Gasteiger partial charge in [-0.3, -0.25) is 4.98 Å². The third-order valence-corrected chi connectivity index (χ3v) is 6.76. The number of allylic oxidation sites excluding steroid dienone is 1. The van der Waals surface area contributed by atoms with Gasteiger partial charge in [-0.1, -0.05) is 13.2 Å². The lowest BCUT2D eigenvalue weighted by Crippen LogP contribution is -2.52. The lowest BCUT2D eigenvalue weighted by Gasteiger charge is -2.43. The van der Waals surface area contributed by atoms with E-state index in [9.17, 15) is 5.26 Å². The molecule has 3 heterocycles. The number of hydrogen-bond donors (Lipinski definition) is 0. The highest BCUT2D eigenvalue weighted by Gasteiger charge is 2.35. The first kappa shape index (κ1) is 19.8. The minimum absolute atomic E-state index is 0.370. The zero-order valence-electron chi connectivity index (χ0n) is 18.2. The third kappa shape index (κ3) is 3.83. The van der Waals surface area contributed by atoms with Crippen LogP contribution >= 0.6 is 0 Å². The molecule has 31 heavy (non-hydrogen) atoms. The van der Waals surface area contributed by atoms with Crippen molar-refractivity contribution in [1.29, 1.82) is 5.26 Å². The lowest BCUT2D eigenvalue weighted by molar-refractivity contribution is 0.232. The number of pyridine rings is 2. The van der Waals surface area contributed by atoms with Gasteiger partial charge in [0, 0.05) is 49.1 Å². The van der Waals surface area contributed by atoms with Gasteiger partial charge in [-0.2, -0.15) is 5.26 Å². The Hall–Kier alpha value is -3.13. The Morgan fingerprint density at radius 3 is 2.68 bits per heavy atom. The first-order valence-corrected chi connectivity index (χ1v) is 11.3. The van der Waals surface area contributed by atoms with Crippen LogP contribution in [-0.2, 0) is 0 Å². The van der Waals surface area contributed by atoms with Crippen molar-refractivity contribution in [2.45, 2.75) is 44.6 Å². The molecule has 1 unspecified atom stereocenters. The zero-order chi connectivity index (χ0) is 21.5. The summed E-state index contributed by atoms with van der Waals surface area (Å²) in [5.74, 6) is 2.01. The molecule has 5 nitrogen and oxygen atoms in total. The van der Waals surface area contributed by atoms with E-state index in [1.165, 1.54) is 18.5 Å². The van der Waals surface area contributed by atoms with Crippen LogP contribution < -0.4 is 4.90 Å². The maximum absolute atomic E-state index is 9.98. The minimum atomic E-state index is 0.370. The highest BCUT2D eigenvalue weighted by atomic mass is 15.3. The fourth-order valence-corrected chi connectivity index (χ4v) is 4.70. The number of aromatic nitrogens is 2. The van der Waals surface area contributed by atoms with Crippen LogP contribution in [0.3, 0.4) is 0 Å². The molecule has 5 rings (SSSR count). The second-order valence-electron chi connectivity index (χ2n) is 9.11. The van der Waals surface area contributed by atoms with E-state index in [0.717, 1.165) is 60.8 Å². The van der Waals surface area contributed by atoms with E-state index in [-0.39, 0.29) is 0 Å². The van der Waals surface area contributed by atoms with Crippen molar-refractivity contribution in [2.75, 3.05) is 24.5 Å². The van der Waals surface area contributed by atoms with E-state index >= 15 is 0 Å². The molecular formula is C26H29N5. The maximum atomic E-state index is 9.98. The van der Waals surface area contributed by atoms with Crippen LogP contribution in [-0.4, -0.2) is 40.5 Å². The first-order chi connectivity index (χ1) is 15.1. The van der Waals surface area contributed by atoms with Crippen molar-refractivity contribution >= 4 is 11.9 Å². The minimum Gasteiger partial charge on any atom is -0.369 e. The first-order valence-electron chi connectivity index (χ1n) is 11.3. The van der Waals surface area contributed by atoms with Crippen molar-refractivity contribution in [3.8, 4) is 17.2 Å². The molecule has 5 heteroatoms. The fourth-order valence-electron chi connectivity index (χ4n) is 4.70. The predicted octanol–water partition coefficient (Wildman–Crippen LogP) is 4.97. The SMILES string of the molecule is C=Cc1cc(-c2cc(C#N)c(N3CCN(C(=C)C4CC4)C(C)C3)nc2C2CC2)ccn1. The summed E-state index contributed by atoms with van der Waals surface area (Å²) < 4.78 is 0. The molecule has 1 aliphatic heterocycles. The van der Waals surface area contributed by atoms with Gasteiger partial charge < -0.3 is 9.80 Å². The van der Waals surface area contributed by atoms with E-state index in [0.29, 0.717) is 23.4 Å². The van der Waals surface area contributed by atoms with E-state index in [2.05, 4.69) is 40.9 Å². The Morgan fingerprint density at radius 2 is 2.03 bits per heavy atom. The Labute approximate surface area is 184 Å². The smallest absolute Gasteiger partial charge is 0.147 e. The highest BCUT2D eigenvalue weighted by molar-refractivity contribution is 5.73. The van der Waals surface area contributed by atoms with Crippen LogP contribution in [0.15, 0.2) is 43.3 Å². The maximum Gasteiger partial charge on any atom is 0.147 e. The summed E-state index contributed by atoms with van der Waals surface area (Å²) >= 11 is 0. The van der Waals surface area contributed by atoms with Gasteiger partial charge in [0.05, 0.1) is 17.0 Å². The molecule has 3 aliphatic rings. The normalized spacial score (nSPS) is 21.0. The van der Waals surface area contributed by atoms with Gasteiger partial charge >= 0.3 is 0 Å². The van der Waals surface area contributed by atoms with Crippen LogP contribution in [0, 0.1) is 17.2 Å². The number of rotatable bonds is 6. The van der Waals surface area contributed by atoms with E-state index in [1.807, 2.05) is 18.2 Å². The Morgan fingerprint density at radius 1 is 1.23 bits per heavy atom. The fraction of sp³-hybridized carbons (Fsp3) is 0.423. The Bertz CT molecular complexity index is 1070. The van der Waals surface area contributed by atoms with Crippen molar-refractivity contribution < 1.29 is 0 Å². The average molecular weight is 412 g/mol. The molecule has 0 radical (unpaired) electrons. The molecule has 0 spiro atoms. The number of hydrogen-bond acceptors (Lipinski definition) is 5. The van der Waals surface area contributed by atoms with Crippen molar-refractivity contribution in [3.63, 3.8) is 0 Å². The quantitative estimate of drug-likeness (QED) is 0.672. The molecule has 0 N–H and O–H groups in total. The van der Waals surface area contributed by atoms with Crippen LogP contribution in [0.25, 0.3) is 17.2 Å². The molecule has 3 fully saturated rings. The van der Waals surface area contributed by atoms with Gasteiger partial charge in [0.1, 0.15) is 11.9 Å². The van der Waals surface area contributed by atoms with Gasteiger partial charge in [-0.25, -0.2) is 4.98 Å². The summed E-state index contributed by atoms with van der Waals surface area (Å²) in [5.41, 5.74) is 6.02. The monoisotopic (exact) mass is 411 g/mol. The average Bonchev–Trinajstić information content (AvgIpc) is 3.71. The Kier molecular flexibility index (Phi) is 5.02. The summed E-state index contributed by atoms with van der Waals surface area (Å²) in [7, 11) is 0. The van der Waals surface area contributed by atoms with Gasteiger partial charge in [0.25, 0.3) is 0 Å². The van der Waals surface area contributed by atoms with Gasteiger partial charge in [-0.15, -0.1) is 0 Å². The largest absolute Gasteiger partial charge is 0.369 e. The van der Waals surface area contributed by atoms with Crippen molar-refractivity contribution in [3.05, 3.63) is 60.2 Å². The third-order valence-electron chi connectivity index (χ3n) is 6.76. The molecule has 158 valence electrons. The van der Waals surface area contributed by atoms with Crippen LogP contribution in [0.4, 0.5) is 5.82 Å². The second kappa shape index (κ2) is 7.85. The molecule has 2 aliphatic carbocycles. The van der Waals surface area contributed by atoms with Crippen LogP contribution in [0.5, 0.6) is 0 Å². The summed E-state index contributed by atoms with van der Waals surface area (Å²) in [4.78, 5) is 14.2. The summed E-state index contributed by atoms with van der Waals surface area (Å²) in [6, 6.07) is 8.86. The summed E-state index contributed by atoms with van der Waals surface area (Å²) in [6.45, 7) is 13.1. The standard InChI is InChI=1S/C26H29N5/c1-4-23-13-21(9-10-28-23)24-14-22(15-27)26(29-25(24)20-7-8-20)30-11-12-31(17(2)16-30)18(3)19-5-6-19/h4,9-10,13-14,17,19-20H,1,3,5-8,11-12,16H2,2H3. The van der Waals surface area contributed by atoms with Gasteiger partial charge in [-0.05, 0) is 68.4 Å². The second-order valence-corrected chi connectivity index (χ2v) is 9.11.